The first-order chi connectivity index (χ1) is 54.0. The van der Waals surface area contributed by atoms with Gasteiger partial charge in [0.1, 0.15) is 11.6 Å². The molecular weight excluding hydrogens is 1410 g/mol. The van der Waals surface area contributed by atoms with Crippen molar-refractivity contribution in [1.29, 1.82) is 0 Å². The Balaban J connectivity index is 0.000000136. The van der Waals surface area contributed by atoms with Crippen LogP contribution in [0.2, 0.25) is 10.0 Å². The molecule has 9 aromatic carbocycles. The summed E-state index contributed by atoms with van der Waals surface area (Å²) in [7, 11) is 0. The van der Waals surface area contributed by atoms with Crippen LogP contribution in [0.15, 0.2) is 268 Å². The molecule has 0 radical (unpaired) electrons. The van der Waals surface area contributed by atoms with Crippen LogP contribution in [0.1, 0.15) is 203 Å². The highest BCUT2D eigenvalue weighted by atomic mass is 35.5. The molecule has 1 N–H and O–H groups in total. The number of nitrogens with zero attached hydrogens (tertiary/aromatic N) is 10. The molecule has 0 atom stereocenters. The average molecular weight is 1520 g/mol. The lowest BCUT2D eigenvalue weighted by Gasteiger charge is -2.30. The Bertz CT molecular complexity index is 5210. The van der Waals surface area contributed by atoms with Gasteiger partial charge in [-0.05, 0) is 165 Å². The molecule has 7 aromatic heterocycles. The first-order valence-electron chi connectivity index (χ1n) is 39.5. The molecule has 0 amide bonds. The van der Waals surface area contributed by atoms with Crippen molar-refractivity contribution in [2.45, 2.75) is 158 Å². The molecule has 0 saturated carbocycles. The number of hydrogen-bond acceptors (Lipinski definition) is 11. The van der Waals surface area contributed by atoms with E-state index in [1.54, 1.807) is 0 Å². The van der Waals surface area contributed by atoms with E-state index in [9.17, 15) is 0 Å². The Kier molecular flexibility index (Phi) is 30.7. The van der Waals surface area contributed by atoms with E-state index in [1.165, 1.54) is 66.0 Å². The summed E-state index contributed by atoms with van der Waals surface area (Å²) in [4.78, 5) is 42.5. The Morgan fingerprint density at radius 2 is 0.786 bits per heavy atom. The molecule has 17 rings (SSSR count). The fourth-order valence-corrected chi connectivity index (χ4v) is 12.9. The highest BCUT2D eigenvalue weighted by Crippen LogP contribution is 2.31. The fourth-order valence-electron chi connectivity index (χ4n) is 12.5. The van der Waals surface area contributed by atoms with Gasteiger partial charge in [0.2, 0.25) is 0 Å². The van der Waals surface area contributed by atoms with E-state index in [-0.39, 0.29) is 0 Å². The van der Waals surface area contributed by atoms with Crippen molar-refractivity contribution in [2.75, 3.05) is 31.1 Å². The molecule has 112 heavy (non-hydrogen) atoms. The largest absolute Gasteiger partial charge is 0.354 e. The van der Waals surface area contributed by atoms with E-state index in [2.05, 4.69) is 294 Å². The summed E-state index contributed by atoms with van der Waals surface area (Å²) in [6.45, 7) is 38.8. The van der Waals surface area contributed by atoms with Crippen LogP contribution in [0.5, 0.6) is 0 Å². The van der Waals surface area contributed by atoms with Gasteiger partial charge >= 0.3 is 0 Å². The molecule has 0 unspecified atom stereocenters. The number of nitrogens with one attached hydrogen (secondary N) is 1. The molecule has 1 aliphatic rings. The van der Waals surface area contributed by atoms with E-state index in [1.807, 2.05) is 134 Å². The normalized spacial score (nSPS) is 11.9. The van der Waals surface area contributed by atoms with E-state index < -0.39 is 0 Å². The van der Waals surface area contributed by atoms with Gasteiger partial charge in [-0.15, -0.1) is 0 Å². The number of aromatic nitrogens is 9. The summed E-state index contributed by atoms with van der Waals surface area (Å²) in [6, 6.07) is 80.9. The average Bonchev–Trinajstić information content (AvgIpc) is 0.766. The zero-order valence-corrected chi connectivity index (χ0v) is 69.6. The van der Waals surface area contributed by atoms with Gasteiger partial charge in [-0.1, -0.05) is 286 Å². The van der Waals surface area contributed by atoms with Crippen molar-refractivity contribution in [3.05, 3.63) is 323 Å². The lowest BCUT2D eigenvalue weighted by Crippen LogP contribution is -2.44. The van der Waals surface area contributed by atoms with Crippen molar-refractivity contribution in [3.8, 4) is 0 Å². The molecule has 1 aliphatic heterocycles. The molecule has 11 nitrogen and oxygen atoms in total. The maximum Gasteiger partial charge on any atom is 0.136 e. The number of piperazine rings is 1. The summed E-state index contributed by atoms with van der Waals surface area (Å²) < 4.78 is 0. The predicted molar refractivity (Wildman–Crippen MR) is 480 cm³/mol. The molecular formula is C99H109Cl2N11. The van der Waals surface area contributed by atoms with Crippen molar-refractivity contribution in [1.82, 2.24) is 50.2 Å². The number of halogens is 2. The van der Waals surface area contributed by atoms with Crippen molar-refractivity contribution in [3.63, 3.8) is 0 Å². The van der Waals surface area contributed by atoms with Gasteiger partial charge in [-0.2, -0.15) is 0 Å². The maximum absolute atomic E-state index is 6.09. The third-order valence-electron chi connectivity index (χ3n) is 19.5. The highest BCUT2D eigenvalue weighted by molar-refractivity contribution is 6.35. The second-order valence-electron chi connectivity index (χ2n) is 30.8. The molecule has 0 bridgehead atoms. The zero-order valence-electron chi connectivity index (χ0n) is 68.1. The maximum atomic E-state index is 6.09. The van der Waals surface area contributed by atoms with Crippen molar-refractivity contribution < 1.29 is 0 Å². The molecule has 13 heteroatoms. The number of pyridine rings is 5. The second kappa shape index (κ2) is 41.0. The van der Waals surface area contributed by atoms with Gasteiger partial charge in [0.05, 0.1) is 49.3 Å². The Morgan fingerprint density at radius 1 is 0.286 bits per heavy atom. The minimum absolute atomic E-state index is 0.393. The number of fused-ring (bicyclic) bond motifs is 8. The lowest BCUT2D eigenvalue weighted by atomic mass is 9.99. The predicted octanol–water partition coefficient (Wildman–Crippen LogP) is 27.0. The molecule has 1 fully saturated rings. The van der Waals surface area contributed by atoms with Gasteiger partial charge in [0, 0.05) is 112 Å². The van der Waals surface area contributed by atoms with Crippen LogP contribution < -0.4 is 10.2 Å². The monoisotopic (exact) mass is 1520 g/mol. The fraction of sp³-hybridized carbons (Fsp3) is 0.283. The van der Waals surface area contributed by atoms with Crippen LogP contribution in [-0.4, -0.2) is 71.0 Å². The van der Waals surface area contributed by atoms with E-state index in [0.717, 1.165) is 108 Å². The number of anilines is 1. The van der Waals surface area contributed by atoms with E-state index in [0.29, 0.717) is 47.3 Å². The van der Waals surface area contributed by atoms with E-state index >= 15 is 0 Å². The van der Waals surface area contributed by atoms with Gasteiger partial charge in [0.25, 0.3) is 0 Å². The molecule has 1 saturated heterocycles. The summed E-state index contributed by atoms with van der Waals surface area (Å²) in [5.41, 5.74) is 15.7. The lowest BCUT2D eigenvalue weighted by molar-refractivity contribution is 0.585. The highest BCUT2D eigenvalue weighted by Gasteiger charge is 2.17. The van der Waals surface area contributed by atoms with Crippen LogP contribution in [0, 0.1) is 0 Å². The van der Waals surface area contributed by atoms with Crippen LogP contribution in [0.3, 0.4) is 0 Å². The Labute approximate surface area is 673 Å². The summed E-state index contributed by atoms with van der Waals surface area (Å²) >= 11 is 12.1. The number of rotatable bonds is 9. The minimum atomic E-state index is 0.393. The van der Waals surface area contributed by atoms with Gasteiger partial charge < -0.3 is 10.2 Å². The van der Waals surface area contributed by atoms with Gasteiger partial charge in [-0.25, -0.2) is 19.9 Å². The summed E-state index contributed by atoms with van der Waals surface area (Å²) in [5.74, 6) is 6.07. The third-order valence-corrected chi connectivity index (χ3v) is 20.1. The molecule has 8 heterocycles. The van der Waals surface area contributed by atoms with Crippen molar-refractivity contribution in [2.24, 2.45) is 0 Å². The molecule has 16 aromatic rings. The van der Waals surface area contributed by atoms with Crippen LogP contribution >= 0.6 is 23.2 Å². The topological polar surface area (TPSA) is 131 Å². The third kappa shape index (κ3) is 23.5. The van der Waals surface area contributed by atoms with Crippen LogP contribution in [-0.2, 0) is 0 Å². The van der Waals surface area contributed by atoms with Gasteiger partial charge in [0.15, 0.2) is 0 Å². The smallest absolute Gasteiger partial charge is 0.136 e. The van der Waals surface area contributed by atoms with Gasteiger partial charge in [-0.3, -0.25) is 24.9 Å². The van der Waals surface area contributed by atoms with E-state index in [4.69, 9.17) is 28.2 Å². The van der Waals surface area contributed by atoms with Crippen molar-refractivity contribution >= 4 is 116 Å². The molecule has 574 valence electrons. The minimum Gasteiger partial charge on any atom is -0.354 e. The molecule has 0 aliphatic carbocycles. The SMILES string of the molecule is CC(C)c1cc2ccccc2c(N2CCNCC2)n1.CC(C)c1ccc2ccccc2c1.CC(C)c1ccc2ccccc2n1.CC(C)c1ccc2ncccc2c1.CC(C)c1cnc2c(Cl)cccc2c1.CC(C)c1cnc2cccc(Cl)c2c1.CC(C)c1cnc2ccccc2n1.CC(C)c1ncc2ccccc2n1. The number of benzene rings is 9. The van der Waals surface area contributed by atoms with Crippen LogP contribution in [0.4, 0.5) is 5.82 Å². The quantitative estimate of drug-likeness (QED) is 0.148. The summed E-state index contributed by atoms with van der Waals surface area (Å²) in [5, 5.41) is 15.8. The number of para-hydroxylation sites is 5. The standard InChI is InChI=1S/C16H21N3.C13H14.2C12H12ClN.2C12H13N.2C11H12N2/c1-12(2)15-11-13-5-3-4-6-14(13)16(18-15)19-9-7-17-8-10-19;1-10(2)12-8-7-11-5-3-4-6-13(11)9-12;1-8(2)9-6-10-11(13)4-3-5-12(10)14-7-9;1-8(2)10-6-9-4-3-5-11(13)12(9)14-7-10;1-9(2)10-5-6-12-11(8-10)4-3-7-13-12;1-9(2)11-8-7-10-5-3-4-6-12(10)13-11;1-8(2)11-7-12-9-5-3-4-6-10(9)13-11;1-8(2)11-12-7-9-5-3-4-6-10(9)13-11/h3-6,11-12,17H,7-10H2,1-2H3;3-10H,1-2H3;2*3-8H,1-2H3;2*3-9H,1-2H3;2*3-8H,1-2H3. The van der Waals surface area contributed by atoms with Crippen LogP contribution in [0.25, 0.3) is 87.1 Å². The first-order valence-corrected chi connectivity index (χ1v) is 40.3. The summed E-state index contributed by atoms with van der Waals surface area (Å²) in [6.07, 6.45) is 9.39. The zero-order chi connectivity index (χ0) is 79.8. The first kappa shape index (κ1) is 83.8. The number of hydrogen-bond donors (Lipinski definition) is 1. The second-order valence-corrected chi connectivity index (χ2v) is 31.6. The molecule has 0 spiro atoms. The Morgan fingerprint density at radius 3 is 1.46 bits per heavy atom. The Hall–Kier alpha value is -10.7.